The number of halogens is 2. The summed E-state index contributed by atoms with van der Waals surface area (Å²) in [5, 5.41) is 5.19. The van der Waals surface area contributed by atoms with Gasteiger partial charge in [-0.25, -0.2) is 8.42 Å². The molecule has 136 valence electrons. The molecular formula is C19H18Cl2N2O2S. The number of sulfonamides is 1. The Bertz CT molecular complexity index is 1070. The van der Waals surface area contributed by atoms with E-state index in [-0.39, 0.29) is 17.3 Å². The lowest BCUT2D eigenvalue weighted by molar-refractivity contribution is 0.602. The van der Waals surface area contributed by atoms with Crippen molar-refractivity contribution < 1.29 is 8.42 Å². The molecule has 7 heteroatoms. The van der Waals surface area contributed by atoms with E-state index in [4.69, 9.17) is 11.6 Å². The van der Waals surface area contributed by atoms with Crippen molar-refractivity contribution in [3.8, 4) is 0 Å². The summed E-state index contributed by atoms with van der Waals surface area (Å²) in [6, 6.07) is 16.1. The van der Waals surface area contributed by atoms with Crippen molar-refractivity contribution >= 4 is 50.5 Å². The van der Waals surface area contributed by atoms with E-state index in [0.29, 0.717) is 16.1 Å². The Morgan fingerprint density at radius 1 is 0.962 bits per heavy atom. The van der Waals surface area contributed by atoms with Crippen LogP contribution in [0.1, 0.15) is 11.1 Å². The van der Waals surface area contributed by atoms with Crippen molar-refractivity contribution in [2.45, 2.75) is 17.9 Å². The Balaban J connectivity index is 0.00000196. The number of fused-ring (bicyclic) bond motifs is 2. The van der Waals surface area contributed by atoms with E-state index >= 15 is 0 Å². The highest BCUT2D eigenvalue weighted by atomic mass is 35.5. The van der Waals surface area contributed by atoms with Gasteiger partial charge >= 0.3 is 0 Å². The average Bonchev–Trinajstić information content (AvgIpc) is 2.61. The van der Waals surface area contributed by atoms with Crippen molar-refractivity contribution in [1.29, 1.82) is 0 Å². The lowest BCUT2D eigenvalue weighted by Crippen LogP contribution is -2.23. The largest absolute Gasteiger partial charge is 0.312 e. The van der Waals surface area contributed by atoms with Gasteiger partial charge in [-0.15, -0.1) is 12.4 Å². The maximum absolute atomic E-state index is 12.9. The van der Waals surface area contributed by atoms with Gasteiger partial charge < -0.3 is 5.32 Å². The Hall–Kier alpha value is -1.79. The van der Waals surface area contributed by atoms with Gasteiger partial charge in [0.2, 0.25) is 0 Å². The predicted octanol–water partition coefficient (Wildman–Crippen LogP) is 4.36. The molecule has 0 spiro atoms. The number of benzene rings is 3. The van der Waals surface area contributed by atoms with E-state index in [1.807, 2.05) is 36.4 Å². The molecule has 4 rings (SSSR count). The topological polar surface area (TPSA) is 58.2 Å². The van der Waals surface area contributed by atoms with Gasteiger partial charge in [-0.3, -0.25) is 4.72 Å². The summed E-state index contributed by atoms with van der Waals surface area (Å²) in [6.45, 7) is 1.73. The molecule has 3 aromatic rings. The first-order valence-corrected chi connectivity index (χ1v) is 9.93. The molecule has 0 bridgehead atoms. The zero-order chi connectivity index (χ0) is 17.4. The lowest BCUT2D eigenvalue weighted by Gasteiger charge is -2.18. The molecule has 0 saturated carbocycles. The fraction of sp³-hybridized carbons (Fsp3) is 0.158. The molecule has 1 aliphatic rings. The SMILES string of the molecule is Cl.O=S(=O)(Nc1ccc2c(c1)CCNC2)c1ccc(Cl)c2ccccc12. The monoisotopic (exact) mass is 408 g/mol. The second kappa shape index (κ2) is 7.45. The summed E-state index contributed by atoms with van der Waals surface area (Å²) < 4.78 is 28.6. The van der Waals surface area contributed by atoms with Crippen LogP contribution in [-0.2, 0) is 23.0 Å². The van der Waals surface area contributed by atoms with Crippen LogP contribution in [0.3, 0.4) is 0 Å². The van der Waals surface area contributed by atoms with Gasteiger partial charge in [0.05, 0.1) is 4.90 Å². The number of anilines is 1. The van der Waals surface area contributed by atoms with Crippen LogP contribution in [0.15, 0.2) is 59.5 Å². The fourth-order valence-electron chi connectivity index (χ4n) is 3.22. The highest BCUT2D eigenvalue weighted by Crippen LogP contribution is 2.30. The third kappa shape index (κ3) is 3.53. The van der Waals surface area contributed by atoms with Crippen LogP contribution < -0.4 is 10.0 Å². The van der Waals surface area contributed by atoms with Gasteiger partial charge in [0.1, 0.15) is 0 Å². The van der Waals surface area contributed by atoms with E-state index in [1.165, 1.54) is 11.1 Å². The van der Waals surface area contributed by atoms with Crippen molar-refractivity contribution in [1.82, 2.24) is 5.32 Å². The number of nitrogens with one attached hydrogen (secondary N) is 2. The van der Waals surface area contributed by atoms with Crippen LogP contribution >= 0.6 is 24.0 Å². The first-order valence-electron chi connectivity index (χ1n) is 8.07. The molecule has 4 nitrogen and oxygen atoms in total. The molecule has 3 aromatic carbocycles. The van der Waals surface area contributed by atoms with Crippen LogP contribution in [-0.4, -0.2) is 15.0 Å². The van der Waals surface area contributed by atoms with Crippen LogP contribution in [0.25, 0.3) is 10.8 Å². The summed E-state index contributed by atoms with van der Waals surface area (Å²) >= 11 is 6.20. The van der Waals surface area contributed by atoms with E-state index in [0.717, 1.165) is 24.9 Å². The molecule has 1 heterocycles. The Labute approximate surface area is 164 Å². The maximum Gasteiger partial charge on any atom is 0.262 e. The Morgan fingerprint density at radius 2 is 1.73 bits per heavy atom. The van der Waals surface area contributed by atoms with E-state index in [1.54, 1.807) is 18.2 Å². The van der Waals surface area contributed by atoms with Crippen molar-refractivity contribution in [2.75, 3.05) is 11.3 Å². The minimum atomic E-state index is -3.71. The highest BCUT2D eigenvalue weighted by Gasteiger charge is 2.19. The van der Waals surface area contributed by atoms with E-state index in [9.17, 15) is 8.42 Å². The third-order valence-corrected chi connectivity index (χ3v) is 6.23. The molecule has 0 aliphatic carbocycles. The average molecular weight is 409 g/mol. The van der Waals surface area contributed by atoms with Crippen molar-refractivity contribution in [3.05, 3.63) is 70.7 Å². The third-order valence-electron chi connectivity index (χ3n) is 4.47. The molecule has 0 saturated heterocycles. The normalized spacial score (nSPS) is 13.7. The second-order valence-electron chi connectivity index (χ2n) is 6.11. The van der Waals surface area contributed by atoms with Gasteiger partial charge in [-0.2, -0.15) is 0 Å². The number of hydrogen-bond donors (Lipinski definition) is 2. The van der Waals surface area contributed by atoms with Gasteiger partial charge in [0.25, 0.3) is 10.0 Å². The molecule has 0 atom stereocenters. The van der Waals surface area contributed by atoms with Crippen LogP contribution in [0.4, 0.5) is 5.69 Å². The van der Waals surface area contributed by atoms with E-state index < -0.39 is 10.0 Å². The molecule has 26 heavy (non-hydrogen) atoms. The second-order valence-corrected chi connectivity index (χ2v) is 8.16. The molecule has 1 aliphatic heterocycles. The molecule has 2 N–H and O–H groups in total. The fourth-order valence-corrected chi connectivity index (χ4v) is 4.71. The molecule has 0 amide bonds. The summed E-state index contributed by atoms with van der Waals surface area (Å²) in [5.74, 6) is 0. The number of hydrogen-bond acceptors (Lipinski definition) is 3. The Morgan fingerprint density at radius 3 is 2.54 bits per heavy atom. The van der Waals surface area contributed by atoms with E-state index in [2.05, 4.69) is 10.0 Å². The summed E-state index contributed by atoms with van der Waals surface area (Å²) in [5.41, 5.74) is 2.98. The lowest BCUT2D eigenvalue weighted by atomic mass is 10.0. The summed E-state index contributed by atoms with van der Waals surface area (Å²) in [7, 11) is -3.71. The van der Waals surface area contributed by atoms with Crippen molar-refractivity contribution in [3.63, 3.8) is 0 Å². The van der Waals surface area contributed by atoms with Crippen LogP contribution in [0, 0.1) is 0 Å². The molecular weight excluding hydrogens is 391 g/mol. The highest BCUT2D eigenvalue weighted by molar-refractivity contribution is 7.93. The molecule has 0 radical (unpaired) electrons. The van der Waals surface area contributed by atoms with Crippen LogP contribution in [0.2, 0.25) is 5.02 Å². The smallest absolute Gasteiger partial charge is 0.262 e. The predicted molar refractivity (Wildman–Crippen MR) is 109 cm³/mol. The quantitative estimate of drug-likeness (QED) is 0.676. The molecule has 0 unspecified atom stereocenters. The standard InChI is InChI=1S/C19H17ClN2O2S.ClH/c20-18-7-8-19(17-4-2-1-3-16(17)18)25(23,24)22-15-6-5-14-12-21-10-9-13(14)11-15;/h1-8,11,21-22H,9-10,12H2;1H. The van der Waals surface area contributed by atoms with Gasteiger partial charge in [0, 0.05) is 28.0 Å². The first kappa shape index (κ1) is 19.0. The zero-order valence-electron chi connectivity index (χ0n) is 13.8. The van der Waals surface area contributed by atoms with Crippen molar-refractivity contribution in [2.24, 2.45) is 0 Å². The minimum Gasteiger partial charge on any atom is -0.312 e. The number of rotatable bonds is 3. The van der Waals surface area contributed by atoms with Crippen LogP contribution in [0.5, 0.6) is 0 Å². The first-order chi connectivity index (χ1) is 12.0. The summed E-state index contributed by atoms with van der Waals surface area (Å²) in [6.07, 6.45) is 0.898. The minimum absolute atomic E-state index is 0. The van der Waals surface area contributed by atoms with Gasteiger partial charge in [0.15, 0.2) is 0 Å². The van der Waals surface area contributed by atoms with Gasteiger partial charge in [-0.1, -0.05) is 41.9 Å². The summed E-state index contributed by atoms with van der Waals surface area (Å²) in [4.78, 5) is 0.229. The maximum atomic E-state index is 12.9. The van der Waals surface area contributed by atoms with Gasteiger partial charge in [-0.05, 0) is 48.4 Å². The zero-order valence-corrected chi connectivity index (χ0v) is 16.2. The molecule has 0 aromatic heterocycles. The Kier molecular flexibility index (Phi) is 5.44. The molecule has 0 fully saturated rings.